The summed E-state index contributed by atoms with van der Waals surface area (Å²) in [6.45, 7) is 12.5. The van der Waals surface area contributed by atoms with Crippen molar-refractivity contribution in [1.29, 1.82) is 0 Å². The Morgan fingerprint density at radius 1 is 1.03 bits per heavy atom. The van der Waals surface area contributed by atoms with Crippen LogP contribution in [0.1, 0.15) is 73.8 Å². The Labute approximate surface area is 223 Å². The average molecular weight is 526 g/mol. The maximum atomic E-state index is 12.4. The highest BCUT2D eigenvalue weighted by atomic mass is 32.1. The summed E-state index contributed by atoms with van der Waals surface area (Å²) in [7, 11) is 0. The van der Waals surface area contributed by atoms with E-state index >= 15 is 0 Å². The molecule has 0 aliphatic heterocycles. The summed E-state index contributed by atoms with van der Waals surface area (Å²) >= 11 is 1.36. The molecule has 2 unspecified atom stereocenters. The van der Waals surface area contributed by atoms with Crippen molar-refractivity contribution in [2.75, 3.05) is 13.2 Å². The first kappa shape index (κ1) is 28.7. The monoisotopic (exact) mass is 525 g/mol. The van der Waals surface area contributed by atoms with Gasteiger partial charge in [-0.2, -0.15) is 0 Å². The van der Waals surface area contributed by atoms with Gasteiger partial charge >= 0.3 is 5.97 Å². The first-order valence-corrected chi connectivity index (χ1v) is 13.8. The zero-order valence-corrected chi connectivity index (χ0v) is 23.4. The minimum Gasteiger partial charge on any atom is -0.491 e. The van der Waals surface area contributed by atoms with Crippen LogP contribution in [0.3, 0.4) is 0 Å². The quantitative estimate of drug-likeness (QED) is 0.263. The first-order chi connectivity index (χ1) is 17.5. The number of hydrogen-bond acceptors (Lipinski definition) is 5. The van der Waals surface area contributed by atoms with Crippen molar-refractivity contribution in [2.24, 2.45) is 11.8 Å². The third-order valence-electron chi connectivity index (χ3n) is 7.70. The molecule has 3 rings (SSSR count). The van der Waals surface area contributed by atoms with E-state index in [0.717, 1.165) is 34.2 Å². The highest BCUT2D eigenvalue weighted by Crippen LogP contribution is 2.42. The molecular weight excluding hydrogens is 486 g/mol. The molecule has 3 aromatic rings. The normalized spacial score (nSPS) is 13.5. The van der Waals surface area contributed by atoms with Crippen LogP contribution in [0.4, 0.5) is 0 Å². The number of amides is 1. The molecule has 7 heteroatoms. The predicted molar refractivity (Wildman–Crippen MR) is 150 cm³/mol. The fraction of sp³-hybridized carbons (Fsp3) is 0.467. The van der Waals surface area contributed by atoms with Crippen LogP contribution in [0, 0.1) is 18.8 Å². The summed E-state index contributed by atoms with van der Waals surface area (Å²) in [5.74, 6) is -0.122. The van der Waals surface area contributed by atoms with E-state index < -0.39 is 18.6 Å². The SMILES string of the molecule is CCC(CC)(c1ccc(OCC(O)C(C)C(C)C)c(C)c1)c1ccc2sc(C(=O)NCC(=O)O)cc2c1. The standard InChI is InChI=1S/C30H39NO5S/c1-7-30(8-2,22-9-11-25(19(5)13-22)36-17-24(32)20(6)18(3)4)23-10-12-26-21(14-23)15-27(37-26)29(35)31-16-28(33)34/h9-15,18,20,24,32H,7-8,16-17H2,1-6H3,(H,31,35)(H,33,34). The van der Waals surface area contributed by atoms with Crippen LogP contribution in [0.15, 0.2) is 42.5 Å². The van der Waals surface area contributed by atoms with Crippen molar-refractivity contribution in [3.05, 3.63) is 64.0 Å². The van der Waals surface area contributed by atoms with Crippen LogP contribution < -0.4 is 10.1 Å². The lowest BCUT2D eigenvalue weighted by Crippen LogP contribution is -2.29. The zero-order chi connectivity index (χ0) is 27.3. The van der Waals surface area contributed by atoms with Gasteiger partial charge in [0.25, 0.3) is 5.91 Å². The first-order valence-electron chi connectivity index (χ1n) is 13.0. The molecule has 37 heavy (non-hydrogen) atoms. The van der Waals surface area contributed by atoms with Crippen LogP contribution in [0.5, 0.6) is 5.75 Å². The molecule has 1 heterocycles. The highest BCUT2D eigenvalue weighted by molar-refractivity contribution is 7.20. The number of nitrogens with one attached hydrogen (secondary N) is 1. The molecule has 0 bridgehead atoms. The number of rotatable bonds is 12. The summed E-state index contributed by atoms with van der Waals surface area (Å²) < 4.78 is 6.99. The van der Waals surface area contributed by atoms with Gasteiger partial charge in [-0.05, 0) is 77.9 Å². The van der Waals surface area contributed by atoms with Crippen molar-refractivity contribution in [3.8, 4) is 5.75 Å². The van der Waals surface area contributed by atoms with E-state index in [9.17, 15) is 14.7 Å². The second kappa shape index (κ2) is 12.1. The average Bonchev–Trinajstić information content (AvgIpc) is 3.31. The minimum atomic E-state index is -1.07. The van der Waals surface area contributed by atoms with E-state index in [1.165, 1.54) is 22.5 Å². The lowest BCUT2D eigenvalue weighted by Gasteiger charge is -2.34. The number of ether oxygens (including phenoxy) is 1. The number of carbonyl (C=O) groups excluding carboxylic acids is 1. The Hall–Kier alpha value is -2.90. The van der Waals surface area contributed by atoms with Gasteiger partial charge in [-0.15, -0.1) is 11.3 Å². The molecule has 2 aromatic carbocycles. The minimum absolute atomic E-state index is 0.156. The highest BCUT2D eigenvalue weighted by Gasteiger charge is 2.31. The molecule has 0 aliphatic rings. The van der Waals surface area contributed by atoms with Gasteiger partial charge in [-0.25, -0.2) is 0 Å². The van der Waals surface area contributed by atoms with Gasteiger partial charge in [-0.1, -0.05) is 52.8 Å². The largest absolute Gasteiger partial charge is 0.491 e. The number of aliphatic carboxylic acids is 1. The third kappa shape index (κ3) is 6.33. The lowest BCUT2D eigenvalue weighted by molar-refractivity contribution is -0.135. The second-order valence-corrected chi connectivity index (χ2v) is 11.3. The van der Waals surface area contributed by atoms with E-state index in [1.54, 1.807) is 0 Å². The van der Waals surface area contributed by atoms with E-state index in [1.807, 2.05) is 32.0 Å². The molecule has 1 aromatic heterocycles. The molecule has 2 atom stereocenters. The Kier molecular flexibility index (Phi) is 9.37. The van der Waals surface area contributed by atoms with Crippen molar-refractivity contribution in [1.82, 2.24) is 5.32 Å². The summed E-state index contributed by atoms with van der Waals surface area (Å²) in [5.41, 5.74) is 3.20. The molecule has 6 nitrogen and oxygen atoms in total. The van der Waals surface area contributed by atoms with Crippen LogP contribution >= 0.6 is 11.3 Å². The van der Waals surface area contributed by atoms with Crippen molar-refractivity contribution < 1.29 is 24.5 Å². The van der Waals surface area contributed by atoms with Gasteiger partial charge in [0.15, 0.2) is 0 Å². The second-order valence-electron chi connectivity index (χ2n) is 10.2. The lowest BCUT2D eigenvalue weighted by atomic mass is 9.70. The Morgan fingerprint density at radius 2 is 1.68 bits per heavy atom. The fourth-order valence-corrected chi connectivity index (χ4v) is 5.77. The molecule has 0 fully saturated rings. The fourth-order valence-electron chi connectivity index (χ4n) is 4.81. The van der Waals surface area contributed by atoms with Gasteiger partial charge in [0.2, 0.25) is 0 Å². The Bertz CT molecular complexity index is 1240. The Balaban J connectivity index is 1.89. The number of aliphatic hydroxyl groups is 1. The number of aliphatic hydroxyl groups excluding tert-OH is 1. The third-order valence-corrected chi connectivity index (χ3v) is 8.81. The van der Waals surface area contributed by atoms with Crippen molar-refractivity contribution in [2.45, 2.75) is 65.9 Å². The topological polar surface area (TPSA) is 95.9 Å². The van der Waals surface area contributed by atoms with E-state index in [4.69, 9.17) is 9.84 Å². The number of carboxylic acids is 1. The smallest absolute Gasteiger partial charge is 0.322 e. The number of aryl methyl sites for hydroxylation is 1. The number of fused-ring (bicyclic) bond motifs is 1. The van der Waals surface area contributed by atoms with Crippen molar-refractivity contribution in [3.63, 3.8) is 0 Å². The van der Waals surface area contributed by atoms with Crippen LogP contribution in [0.25, 0.3) is 10.1 Å². The summed E-state index contributed by atoms with van der Waals surface area (Å²) in [6, 6.07) is 14.5. The zero-order valence-electron chi connectivity index (χ0n) is 22.6. The molecule has 200 valence electrons. The molecule has 0 saturated heterocycles. The van der Waals surface area contributed by atoms with Crippen LogP contribution in [-0.2, 0) is 10.2 Å². The Morgan fingerprint density at radius 3 is 2.27 bits per heavy atom. The molecule has 0 radical (unpaired) electrons. The van der Waals surface area contributed by atoms with E-state index in [-0.39, 0.29) is 23.8 Å². The summed E-state index contributed by atoms with van der Waals surface area (Å²) in [5, 5.41) is 22.7. The molecule has 0 saturated carbocycles. The summed E-state index contributed by atoms with van der Waals surface area (Å²) in [6.07, 6.45) is 1.28. The number of thiophene rings is 1. The molecular formula is C30H39NO5S. The van der Waals surface area contributed by atoms with Crippen LogP contribution in [0.2, 0.25) is 0 Å². The number of carboxylic acid groups (broad SMARTS) is 1. The van der Waals surface area contributed by atoms with Gasteiger partial charge in [-0.3, -0.25) is 9.59 Å². The molecule has 0 spiro atoms. The molecule has 0 aliphatic carbocycles. The number of carbonyl (C=O) groups is 2. The predicted octanol–water partition coefficient (Wildman–Crippen LogP) is 6.16. The van der Waals surface area contributed by atoms with Gasteiger partial charge in [0.1, 0.15) is 18.9 Å². The molecule has 3 N–H and O–H groups in total. The van der Waals surface area contributed by atoms with Gasteiger partial charge in [0.05, 0.1) is 11.0 Å². The van der Waals surface area contributed by atoms with Crippen LogP contribution in [-0.4, -0.2) is 41.3 Å². The van der Waals surface area contributed by atoms with Crippen molar-refractivity contribution >= 4 is 33.3 Å². The maximum absolute atomic E-state index is 12.4. The number of benzene rings is 2. The van der Waals surface area contributed by atoms with Gasteiger partial charge in [0, 0.05) is 10.1 Å². The van der Waals surface area contributed by atoms with E-state index in [2.05, 4.69) is 57.3 Å². The molecule has 1 amide bonds. The van der Waals surface area contributed by atoms with E-state index in [0.29, 0.717) is 10.8 Å². The maximum Gasteiger partial charge on any atom is 0.322 e. The van der Waals surface area contributed by atoms with Gasteiger partial charge < -0.3 is 20.3 Å². The summed E-state index contributed by atoms with van der Waals surface area (Å²) in [4.78, 5) is 23.7. The number of hydrogen-bond donors (Lipinski definition) is 3.